The van der Waals surface area contributed by atoms with Crippen molar-refractivity contribution in [2.24, 2.45) is 0 Å². The number of hydrogen-bond acceptors (Lipinski definition) is 2. The summed E-state index contributed by atoms with van der Waals surface area (Å²) in [7, 11) is 1.65. The number of carbonyl (C=O) groups excluding carboxylic acids is 1. The van der Waals surface area contributed by atoms with Crippen LogP contribution >= 0.6 is 23.2 Å². The van der Waals surface area contributed by atoms with Crippen molar-refractivity contribution in [3.05, 3.63) is 33.8 Å². The molecule has 4 nitrogen and oxygen atoms in total. The number of benzene rings is 1. The Morgan fingerprint density at radius 1 is 1.40 bits per heavy atom. The molecule has 0 radical (unpaired) electrons. The van der Waals surface area contributed by atoms with Crippen molar-refractivity contribution in [3.63, 3.8) is 0 Å². The Kier molecular flexibility index (Phi) is 7.13. The van der Waals surface area contributed by atoms with E-state index < -0.39 is 6.10 Å². The maximum absolute atomic E-state index is 11.7. The number of amides is 2. The second-order valence-corrected chi connectivity index (χ2v) is 5.63. The van der Waals surface area contributed by atoms with Crippen molar-refractivity contribution >= 4 is 29.2 Å². The third kappa shape index (κ3) is 5.99. The number of likely N-dealkylation sites (N-methyl/N-ethyl adjacent to an activating group) is 1. The maximum Gasteiger partial charge on any atom is 0.317 e. The normalized spacial score (nSPS) is 12.1. The summed E-state index contributed by atoms with van der Waals surface area (Å²) >= 11 is 11.8. The highest BCUT2D eigenvalue weighted by molar-refractivity contribution is 6.42. The molecule has 1 aromatic rings. The van der Waals surface area contributed by atoms with Gasteiger partial charge in [-0.2, -0.15) is 0 Å². The van der Waals surface area contributed by atoms with Gasteiger partial charge in [-0.05, 0) is 37.5 Å². The number of nitrogens with zero attached hydrogens (tertiary/aromatic N) is 1. The molecule has 1 rings (SSSR count). The van der Waals surface area contributed by atoms with Gasteiger partial charge in [-0.3, -0.25) is 0 Å². The lowest BCUT2D eigenvalue weighted by atomic mass is 10.1. The van der Waals surface area contributed by atoms with Crippen LogP contribution in [-0.4, -0.2) is 42.3 Å². The van der Waals surface area contributed by atoms with Crippen LogP contribution in [0.5, 0.6) is 0 Å². The van der Waals surface area contributed by atoms with E-state index in [1.165, 1.54) is 4.90 Å². The Bertz CT molecular complexity index is 453. The molecule has 0 fully saturated rings. The first kappa shape index (κ1) is 17.1. The first-order valence-electron chi connectivity index (χ1n) is 6.51. The van der Waals surface area contributed by atoms with Gasteiger partial charge in [0.25, 0.3) is 0 Å². The minimum Gasteiger partial charge on any atom is -0.392 e. The summed E-state index contributed by atoms with van der Waals surface area (Å²) in [6.45, 7) is 2.54. The summed E-state index contributed by atoms with van der Waals surface area (Å²) in [6.07, 6.45) is 1.10. The van der Waals surface area contributed by atoms with Gasteiger partial charge in [-0.1, -0.05) is 29.3 Å². The molecule has 0 aliphatic carbocycles. The molecule has 0 aliphatic heterocycles. The minimum atomic E-state index is -0.526. The monoisotopic (exact) mass is 318 g/mol. The Labute approximate surface area is 129 Å². The number of hydrogen-bond donors (Lipinski definition) is 2. The summed E-state index contributed by atoms with van der Waals surface area (Å²) in [5.74, 6) is 0. The first-order chi connectivity index (χ1) is 9.40. The van der Waals surface area contributed by atoms with Crippen LogP contribution in [0.25, 0.3) is 0 Å². The fourth-order valence-corrected chi connectivity index (χ4v) is 2.12. The molecule has 0 saturated carbocycles. The SMILES string of the molecule is C[C@H](O)CN(C)C(=O)NCCCc1ccc(Cl)c(Cl)c1. The molecule has 1 aromatic carbocycles. The van der Waals surface area contributed by atoms with E-state index in [2.05, 4.69) is 5.32 Å². The molecular formula is C14H20Cl2N2O2. The number of carbonyl (C=O) groups is 1. The average Bonchev–Trinajstić information content (AvgIpc) is 2.37. The van der Waals surface area contributed by atoms with E-state index in [1.807, 2.05) is 12.1 Å². The molecule has 112 valence electrons. The smallest absolute Gasteiger partial charge is 0.317 e. The zero-order valence-corrected chi connectivity index (χ0v) is 13.2. The van der Waals surface area contributed by atoms with E-state index in [0.717, 1.165) is 18.4 Å². The summed E-state index contributed by atoms with van der Waals surface area (Å²) in [6, 6.07) is 5.36. The quantitative estimate of drug-likeness (QED) is 0.792. The Morgan fingerprint density at radius 3 is 2.70 bits per heavy atom. The summed E-state index contributed by atoms with van der Waals surface area (Å²) in [5.41, 5.74) is 1.09. The van der Waals surface area contributed by atoms with Crippen LogP contribution in [-0.2, 0) is 6.42 Å². The van der Waals surface area contributed by atoms with Crippen LogP contribution in [0.15, 0.2) is 18.2 Å². The average molecular weight is 319 g/mol. The van der Waals surface area contributed by atoms with E-state index in [4.69, 9.17) is 23.2 Å². The number of aliphatic hydroxyl groups is 1. The van der Waals surface area contributed by atoms with E-state index in [-0.39, 0.29) is 6.03 Å². The van der Waals surface area contributed by atoms with Crippen molar-refractivity contribution in [1.82, 2.24) is 10.2 Å². The first-order valence-corrected chi connectivity index (χ1v) is 7.26. The number of aliphatic hydroxyl groups excluding tert-OH is 1. The Balaban J connectivity index is 2.27. The molecule has 20 heavy (non-hydrogen) atoms. The van der Waals surface area contributed by atoms with Crippen LogP contribution in [0.1, 0.15) is 18.9 Å². The van der Waals surface area contributed by atoms with Crippen LogP contribution in [0.2, 0.25) is 10.0 Å². The third-order valence-electron chi connectivity index (χ3n) is 2.79. The highest BCUT2D eigenvalue weighted by Gasteiger charge is 2.09. The van der Waals surface area contributed by atoms with Crippen molar-refractivity contribution in [1.29, 1.82) is 0 Å². The van der Waals surface area contributed by atoms with E-state index in [0.29, 0.717) is 23.1 Å². The van der Waals surface area contributed by atoms with Crippen molar-refractivity contribution in [3.8, 4) is 0 Å². The standard InChI is InChI=1S/C14H20Cl2N2O2/c1-10(19)9-18(2)14(20)17-7-3-4-11-5-6-12(15)13(16)8-11/h5-6,8,10,19H,3-4,7,9H2,1-2H3,(H,17,20)/t10-/m0/s1. The molecule has 1 atom stereocenters. The van der Waals surface area contributed by atoms with Crippen LogP contribution in [0, 0.1) is 0 Å². The topological polar surface area (TPSA) is 52.6 Å². The number of aryl methyl sites for hydroxylation is 1. The summed E-state index contributed by atoms with van der Waals surface area (Å²) in [5, 5.41) is 13.1. The van der Waals surface area contributed by atoms with Gasteiger partial charge in [0.15, 0.2) is 0 Å². The highest BCUT2D eigenvalue weighted by Crippen LogP contribution is 2.22. The minimum absolute atomic E-state index is 0.181. The summed E-state index contributed by atoms with van der Waals surface area (Å²) in [4.78, 5) is 13.1. The molecule has 0 bridgehead atoms. The molecule has 0 saturated heterocycles. The van der Waals surface area contributed by atoms with Crippen LogP contribution in [0.3, 0.4) is 0 Å². The molecule has 6 heteroatoms. The number of nitrogens with one attached hydrogen (secondary N) is 1. The predicted octanol–water partition coefficient (Wildman–Crippen LogP) is 2.95. The second-order valence-electron chi connectivity index (χ2n) is 4.81. The van der Waals surface area contributed by atoms with E-state index in [1.54, 1.807) is 20.0 Å². The lowest BCUT2D eigenvalue weighted by Crippen LogP contribution is -2.41. The van der Waals surface area contributed by atoms with Crippen LogP contribution in [0.4, 0.5) is 4.79 Å². The van der Waals surface area contributed by atoms with Gasteiger partial charge in [0.05, 0.1) is 16.1 Å². The molecule has 2 N–H and O–H groups in total. The van der Waals surface area contributed by atoms with Gasteiger partial charge < -0.3 is 15.3 Å². The van der Waals surface area contributed by atoms with Crippen molar-refractivity contribution < 1.29 is 9.90 Å². The molecule has 2 amide bonds. The lowest BCUT2D eigenvalue weighted by molar-refractivity contribution is 0.144. The fourth-order valence-electron chi connectivity index (χ4n) is 1.80. The van der Waals surface area contributed by atoms with Gasteiger partial charge in [0.2, 0.25) is 0 Å². The van der Waals surface area contributed by atoms with Gasteiger partial charge in [0.1, 0.15) is 0 Å². The second kappa shape index (κ2) is 8.35. The third-order valence-corrected chi connectivity index (χ3v) is 3.53. The number of urea groups is 1. The molecular weight excluding hydrogens is 299 g/mol. The van der Waals surface area contributed by atoms with Crippen LogP contribution < -0.4 is 5.32 Å². The lowest BCUT2D eigenvalue weighted by Gasteiger charge is -2.19. The van der Waals surface area contributed by atoms with Gasteiger partial charge >= 0.3 is 6.03 Å². The Hall–Kier alpha value is -0.970. The zero-order valence-electron chi connectivity index (χ0n) is 11.7. The number of halogens is 2. The van der Waals surface area contributed by atoms with Gasteiger partial charge in [0, 0.05) is 20.1 Å². The molecule has 0 aromatic heterocycles. The Morgan fingerprint density at radius 2 is 2.10 bits per heavy atom. The zero-order chi connectivity index (χ0) is 15.1. The maximum atomic E-state index is 11.7. The van der Waals surface area contributed by atoms with E-state index >= 15 is 0 Å². The predicted molar refractivity (Wildman–Crippen MR) is 82.5 cm³/mol. The molecule has 0 aliphatic rings. The van der Waals surface area contributed by atoms with Crippen molar-refractivity contribution in [2.45, 2.75) is 25.9 Å². The fraction of sp³-hybridized carbons (Fsp3) is 0.500. The molecule has 0 heterocycles. The largest absolute Gasteiger partial charge is 0.392 e. The number of rotatable bonds is 6. The molecule has 0 unspecified atom stereocenters. The van der Waals surface area contributed by atoms with E-state index in [9.17, 15) is 9.90 Å². The molecule has 0 spiro atoms. The summed E-state index contributed by atoms with van der Waals surface area (Å²) < 4.78 is 0. The highest BCUT2D eigenvalue weighted by atomic mass is 35.5. The van der Waals surface area contributed by atoms with Crippen molar-refractivity contribution in [2.75, 3.05) is 20.1 Å². The van der Waals surface area contributed by atoms with Gasteiger partial charge in [-0.25, -0.2) is 4.79 Å². The van der Waals surface area contributed by atoms with Gasteiger partial charge in [-0.15, -0.1) is 0 Å².